The number of methoxy groups -OCH3 is 2. The Morgan fingerprint density at radius 3 is 2.86 bits per heavy atom. The Morgan fingerprint density at radius 1 is 1.33 bits per heavy atom. The number of hydrogen-bond donors (Lipinski definition) is 2. The summed E-state index contributed by atoms with van der Waals surface area (Å²) in [6.07, 6.45) is 1.68. The van der Waals surface area contributed by atoms with Gasteiger partial charge in [0.2, 0.25) is 0 Å². The molecule has 1 aromatic heterocycles. The van der Waals surface area contributed by atoms with Crippen molar-refractivity contribution in [1.82, 2.24) is 10.3 Å². The van der Waals surface area contributed by atoms with Crippen molar-refractivity contribution in [3.8, 4) is 5.75 Å². The van der Waals surface area contributed by atoms with Gasteiger partial charge >= 0.3 is 6.03 Å². The molecule has 0 aliphatic rings. The van der Waals surface area contributed by atoms with Gasteiger partial charge in [-0.1, -0.05) is 0 Å². The Hall–Kier alpha value is -2.34. The lowest BCUT2D eigenvalue weighted by molar-refractivity contribution is 0.173. The second-order valence-corrected chi connectivity index (χ2v) is 4.67. The molecule has 2 N–H and O–H groups in total. The summed E-state index contributed by atoms with van der Waals surface area (Å²) in [6.45, 7) is 2.32. The fourth-order valence-corrected chi connectivity index (χ4v) is 2.10. The van der Waals surface area contributed by atoms with E-state index in [4.69, 9.17) is 9.47 Å². The molecular formula is C15H19N3O3. The minimum atomic E-state index is -0.295. The number of nitrogens with one attached hydrogen (secondary N) is 2. The summed E-state index contributed by atoms with van der Waals surface area (Å²) in [5.74, 6) is 0.719. The molecule has 1 atom stereocenters. The first-order valence-electron chi connectivity index (χ1n) is 6.64. The van der Waals surface area contributed by atoms with E-state index in [-0.39, 0.29) is 12.1 Å². The third kappa shape index (κ3) is 3.61. The zero-order valence-electron chi connectivity index (χ0n) is 12.3. The van der Waals surface area contributed by atoms with Gasteiger partial charge in [0.25, 0.3) is 0 Å². The van der Waals surface area contributed by atoms with E-state index < -0.39 is 0 Å². The molecule has 21 heavy (non-hydrogen) atoms. The Balaban J connectivity index is 2.21. The molecule has 0 radical (unpaired) electrons. The van der Waals surface area contributed by atoms with Crippen molar-refractivity contribution < 1.29 is 14.3 Å². The van der Waals surface area contributed by atoms with Gasteiger partial charge in [-0.3, -0.25) is 4.98 Å². The maximum Gasteiger partial charge on any atom is 0.319 e. The predicted octanol–water partition coefficient (Wildman–Crippen LogP) is 2.40. The number of aromatic nitrogens is 1. The van der Waals surface area contributed by atoms with Crippen molar-refractivity contribution in [2.24, 2.45) is 0 Å². The summed E-state index contributed by atoms with van der Waals surface area (Å²) in [5, 5.41) is 6.44. The lowest BCUT2D eigenvalue weighted by atomic mass is 10.1. The molecule has 1 aromatic carbocycles. The molecule has 0 saturated heterocycles. The molecule has 0 saturated carbocycles. The maximum atomic E-state index is 12.0. The molecule has 0 unspecified atom stereocenters. The summed E-state index contributed by atoms with van der Waals surface area (Å²) >= 11 is 0. The highest BCUT2D eigenvalue weighted by molar-refractivity contribution is 6.01. The second-order valence-electron chi connectivity index (χ2n) is 4.67. The van der Waals surface area contributed by atoms with Gasteiger partial charge in [-0.2, -0.15) is 0 Å². The molecule has 0 fully saturated rings. The molecule has 2 rings (SSSR count). The highest BCUT2D eigenvalue weighted by Gasteiger charge is 2.11. The first-order valence-corrected chi connectivity index (χ1v) is 6.64. The van der Waals surface area contributed by atoms with Gasteiger partial charge in [0.1, 0.15) is 5.75 Å². The molecule has 2 amide bonds. The average Bonchev–Trinajstić information content (AvgIpc) is 2.47. The maximum absolute atomic E-state index is 12.0. The number of carbonyl (C=O) groups excluding carboxylic acids is 1. The predicted molar refractivity (Wildman–Crippen MR) is 81.8 cm³/mol. The molecule has 1 heterocycles. The van der Waals surface area contributed by atoms with Crippen LogP contribution in [0.4, 0.5) is 10.5 Å². The lowest BCUT2D eigenvalue weighted by Crippen LogP contribution is -2.38. The van der Waals surface area contributed by atoms with Gasteiger partial charge in [-0.05, 0) is 31.2 Å². The highest BCUT2D eigenvalue weighted by Crippen LogP contribution is 2.29. The van der Waals surface area contributed by atoms with Crippen molar-refractivity contribution in [2.45, 2.75) is 13.0 Å². The van der Waals surface area contributed by atoms with Crippen molar-refractivity contribution in [3.63, 3.8) is 0 Å². The zero-order chi connectivity index (χ0) is 15.2. The normalized spacial score (nSPS) is 12.0. The number of ether oxygens (including phenoxy) is 2. The van der Waals surface area contributed by atoms with Crippen LogP contribution in [0, 0.1) is 0 Å². The van der Waals surface area contributed by atoms with Gasteiger partial charge in [0, 0.05) is 18.7 Å². The number of benzene rings is 1. The van der Waals surface area contributed by atoms with Gasteiger partial charge in [0.15, 0.2) is 0 Å². The quantitative estimate of drug-likeness (QED) is 0.886. The van der Waals surface area contributed by atoms with Crippen LogP contribution >= 0.6 is 0 Å². The van der Waals surface area contributed by atoms with Crippen LogP contribution < -0.4 is 15.4 Å². The SMILES string of the molecule is COC[C@@H](C)NC(=O)Nc1ccc(OC)c2cccnc12. The minimum absolute atomic E-state index is 0.0764. The van der Waals surface area contributed by atoms with Crippen LogP contribution in [-0.4, -0.2) is 37.9 Å². The van der Waals surface area contributed by atoms with Gasteiger partial charge in [-0.15, -0.1) is 0 Å². The number of anilines is 1. The number of urea groups is 1. The average molecular weight is 289 g/mol. The molecular weight excluding hydrogens is 270 g/mol. The van der Waals surface area contributed by atoms with E-state index in [2.05, 4.69) is 15.6 Å². The smallest absolute Gasteiger partial charge is 0.319 e. The Kier molecular flexibility index (Phi) is 4.94. The van der Waals surface area contributed by atoms with Crippen molar-refractivity contribution >= 4 is 22.6 Å². The molecule has 2 aromatic rings. The Bertz CT molecular complexity index is 631. The van der Waals surface area contributed by atoms with Crippen LogP contribution in [0.5, 0.6) is 5.75 Å². The molecule has 112 valence electrons. The van der Waals surface area contributed by atoms with Crippen LogP contribution in [0.1, 0.15) is 6.92 Å². The van der Waals surface area contributed by atoms with E-state index in [1.165, 1.54) is 0 Å². The summed E-state index contributed by atoms with van der Waals surface area (Å²) < 4.78 is 10.3. The molecule has 0 spiro atoms. The van der Waals surface area contributed by atoms with E-state index in [1.54, 1.807) is 32.5 Å². The molecule has 0 aliphatic heterocycles. The van der Waals surface area contributed by atoms with Crippen LogP contribution in [0.3, 0.4) is 0 Å². The van der Waals surface area contributed by atoms with Crippen molar-refractivity contribution in [3.05, 3.63) is 30.5 Å². The standard InChI is InChI=1S/C15H19N3O3/c1-10(9-20-2)17-15(19)18-12-6-7-13(21-3)11-5-4-8-16-14(11)12/h4-8,10H,9H2,1-3H3,(H2,17,18,19)/t10-/m1/s1. The van der Waals surface area contributed by atoms with E-state index in [0.717, 1.165) is 11.1 Å². The minimum Gasteiger partial charge on any atom is -0.496 e. The highest BCUT2D eigenvalue weighted by atomic mass is 16.5. The summed E-state index contributed by atoms with van der Waals surface area (Å²) in [6, 6.07) is 6.93. The number of carbonyl (C=O) groups is 1. The first-order chi connectivity index (χ1) is 10.2. The Morgan fingerprint density at radius 2 is 2.14 bits per heavy atom. The van der Waals surface area contributed by atoms with Crippen LogP contribution in [0.2, 0.25) is 0 Å². The molecule has 6 heteroatoms. The van der Waals surface area contributed by atoms with Crippen LogP contribution in [0.15, 0.2) is 30.5 Å². The number of pyridine rings is 1. The van der Waals surface area contributed by atoms with E-state index >= 15 is 0 Å². The van der Waals surface area contributed by atoms with Gasteiger partial charge in [-0.25, -0.2) is 4.79 Å². The second kappa shape index (κ2) is 6.90. The first kappa shape index (κ1) is 15.1. The van der Waals surface area contributed by atoms with E-state index in [1.807, 2.05) is 19.1 Å². The van der Waals surface area contributed by atoms with E-state index in [9.17, 15) is 4.79 Å². The monoisotopic (exact) mass is 289 g/mol. The third-order valence-electron chi connectivity index (χ3n) is 2.99. The van der Waals surface area contributed by atoms with Gasteiger partial charge < -0.3 is 20.1 Å². The van der Waals surface area contributed by atoms with Crippen molar-refractivity contribution in [1.29, 1.82) is 0 Å². The van der Waals surface area contributed by atoms with Crippen molar-refractivity contribution in [2.75, 3.05) is 26.1 Å². The Labute approximate surface area is 123 Å². The summed E-state index contributed by atoms with van der Waals surface area (Å²) in [4.78, 5) is 16.3. The largest absolute Gasteiger partial charge is 0.496 e. The fraction of sp³-hybridized carbons (Fsp3) is 0.333. The molecule has 0 bridgehead atoms. The summed E-state index contributed by atoms with van der Waals surface area (Å²) in [7, 11) is 3.20. The fourth-order valence-electron chi connectivity index (χ4n) is 2.10. The number of hydrogen-bond acceptors (Lipinski definition) is 4. The topological polar surface area (TPSA) is 72.5 Å². The molecule has 6 nitrogen and oxygen atoms in total. The van der Waals surface area contributed by atoms with Crippen LogP contribution in [-0.2, 0) is 4.74 Å². The number of nitrogens with zero attached hydrogens (tertiary/aromatic N) is 1. The van der Waals surface area contributed by atoms with Crippen LogP contribution in [0.25, 0.3) is 10.9 Å². The van der Waals surface area contributed by atoms with Gasteiger partial charge in [0.05, 0.1) is 31.0 Å². The molecule has 0 aliphatic carbocycles. The summed E-state index contributed by atoms with van der Waals surface area (Å²) in [5.41, 5.74) is 1.32. The third-order valence-corrected chi connectivity index (χ3v) is 2.99. The number of fused-ring (bicyclic) bond motifs is 1. The van der Waals surface area contributed by atoms with E-state index in [0.29, 0.717) is 17.8 Å². The number of rotatable bonds is 5. The number of amides is 2. The zero-order valence-corrected chi connectivity index (χ0v) is 12.3. The lowest BCUT2D eigenvalue weighted by Gasteiger charge is -2.15.